The first-order valence-corrected chi connectivity index (χ1v) is 3.60. The summed E-state index contributed by atoms with van der Waals surface area (Å²) in [5.74, 6) is 0.232. The number of ether oxygens (including phenoxy) is 1. The Morgan fingerprint density at radius 2 is 2.56 bits per heavy atom. The lowest BCUT2D eigenvalue weighted by atomic mass is 10.0. The molecule has 0 aromatic carbocycles. The fourth-order valence-corrected chi connectivity index (χ4v) is 1.16. The van der Waals surface area contributed by atoms with E-state index < -0.39 is 0 Å². The number of rotatable bonds is 1. The topological polar surface area (TPSA) is 26.3 Å². The van der Waals surface area contributed by atoms with Gasteiger partial charge in [-0.05, 0) is 12.8 Å². The third kappa shape index (κ3) is 1.58. The molecule has 1 rings (SSSR count). The normalized spacial score (nSPS) is 27.7. The van der Waals surface area contributed by atoms with Gasteiger partial charge in [0.15, 0.2) is 0 Å². The molecule has 0 radical (unpaired) electrons. The van der Waals surface area contributed by atoms with Crippen molar-refractivity contribution in [1.82, 2.24) is 0 Å². The van der Waals surface area contributed by atoms with Crippen molar-refractivity contribution in [2.45, 2.75) is 12.8 Å². The maximum absolute atomic E-state index is 10.7. The molecule has 0 saturated carbocycles. The van der Waals surface area contributed by atoms with Crippen molar-refractivity contribution in [2.75, 3.05) is 12.5 Å². The number of hydrogen-bond donors (Lipinski definition) is 0. The number of cyclic esters (lactones) is 1. The van der Waals surface area contributed by atoms with E-state index in [0.717, 1.165) is 12.8 Å². The highest BCUT2D eigenvalue weighted by Crippen LogP contribution is 2.15. The maximum Gasteiger partial charge on any atom is 0.310 e. The van der Waals surface area contributed by atoms with Crippen molar-refractivity contribution >= 4 is 17.6 Å². The first kappa shape index (κ1) is 6.87. The number of hydrogen-bond acceptors (Lipinski definition) is 2. The Balaban J connectivity index is 2.39. The minimum absolute atomic E-state index is 0.0413. The lowest BCUT2D eigenvalue weighted by Crippen LogP contribution is -2.24. The average molecular weight is 149 g/mol. The van der Waals surface area contributed by atoms with Gasteiger partial charge in [-0.15, -0.1) is 11.6 Å². The smallest absolute Gasteiger partial charge is 0.310 e. The molecule has 1 saturated heterocycles. The largest absolute Gasteiger partial charge is 0.465 e. The molecule has 0 N–H and O–H groups in total. The molecule has 1 fully saturated rings. The summed E-state index contributed by atoms with van der Waals surface area (Å²) in [5.41, 5.74) is 0. The average Bonchev–Trinajstić information content (AvgIpc) is 1.89. The van der Waals surface area contributed by atoms with Gasteiger partial charge in [-0.25, -0.2) is 0 Å². The van der Waals surface area contributed by atoms with Gasteiger partial charge < -0.3 is 4.74 Å². The quantitative estimate of drug-likeness (QED) is 0.412. The lowest BCUT2D eigenvalue weighted by Gasteiger charge is -2.17. The third-order valence-corrected chi connectivity index (χ3v) is 1.83. The molecule has 3 heteroatoms. The van der Waals surface area contributed by atoms with E-state index in [9.17, 15) is 4.79 Å². The van der Waals surface area contributed by atoms with Crippen LogP contribution in [0.2, 0.25) is 0 Å². The predicted molar refractivity (Wildman–Crippen MR) is 34.4 cm³/mol. The molecule has 0 bridgehead atoms. The molecule has 1 heterocycles. The summed E-state index contributed by atoms with van der Waals surface area (Å²) >= 11 is 5.47. The molecule has 0 aliphatic carbocycles. The van der Waals surface area contributed by atoms with Crippen LogP contribution in [0.15, 0.2) is 0 Å². The summed E-state index contributed by atoms with van der Waals surface area (Å²) in [5, 5.41) is 0. The Hall–Kier alpha value is -0.240. The minimum Gasteiger partial charge on any atom is -0.465 e. The minimum atomic E-state index is -0.128. The van der Waals surface area contributed by atoms with Gasteiger partial charge in [0.2, 0.25) is 0 Å². The second-order valence-corrected chi connectivity index (χ2v) is 2.47. The predicted octanol–water partition coefficient (Wildman–Crippen LogP) is 1.18. The second-order valence-electron chi connectivity index (χ2n) is 2.16. The van der Waals surface area contributed by atoms with Gasteiger partial charge in [-0.2, -0.15) is 0 Å². The van der Waals surface area contributed by atoms with E-state index in [1.54, 1.807) is 0 Å². The molecule has 0 aromatic rings. The van der Waals surface area contributed by atoms with Crippen LogP contribution >= 0.6 is 11.6 Å². The van der Waals surface area contributed by atoms with Crippen molar-refractivity contribution in [1.29, 1.82) is 0 Å². The molecule has 2 nitrogen and oxygen atoms in total. The summed E-state index contributed by atoms with van der Waals surface area (Å²) in [7, 11) is 0. The highest BCUT2D eigenvalue weighted by atomic mass is 35.5. The van der Waals surface area contributed by atoms with Crippen LogP contribution in [0.3, 0.4) is 0 Å². The van der Waals surface area contributed by atoms with Crippen LogP contribution in [-0.2, 0) is 9.53 Å². The van der Waals surface area contributed by atoms with Gasteiger partial charge in [-0.1, -0.05) is 0 Å². The van der Waals surface area contributed by atoms with Crippen LogP contribution in [0.4, 0.5) is 0 Å². The lowest BCUT2D eigenvalue weighted by molar-refractivity contribution is -0.151. The van der Waals surface area contributed by atoms with E-state index in [1.165, 1.54) is 0 Å². The summed E-state index contributed by atoms with van der Waals surface area (Å²) in [6.45, 7) is 0.576. The highest BCUT2D eigenvalue weighted by Gasteiger charge is 2.22. The van der Waals surface area contributed by atoms with Crippen LogP contribution in [-0.4, -0.2) is 18.5 Å². The first-order chi connectivity index (χ1) is 4.34. The molecule has 0 aromatic heterocycles. The molecule has 1 unspecified atom stereocenters. The second kappa shape index (κ2) is 3.06. The SMILES string of the molecule is O=C1OCCCC1CCl. The van der Waals surface area contributed by atoms with Gasteiger partial charge in [0, 0.05) is 5.88 Å². The zero-order valence-electron chi connectivity index (χ0n) is 5.10. The Bertz CT molecular complexity index is 114. The molecule has 1 aliphatic heterocycles. The summed E-state index contributed by atoms with van der Waals surface area (Å²) in [6.07, 6.45) is 1.85. The van der Waals surface area contributed by atoms with E-state index in [2.05, 4.69) is 0 Å². The van der Waals surface area contributed by atoms with Crippen LogP contribution < -0.4 is 0 Å². The number of carbonyl (C=O) groups excluding carboxylic acids is 1. The summed E-state index contributed by atoms with van der Waals surface area (Å²) < 4.78 is 4.76. The Morgan fingerprint density at radius 3 is 3.00 bits per heavy atom. The molecule has 0 amide bonds. The van der Waals surface area contributed by atoms with Crippen molar-refractivity contribution in [3.05, 3.63) is 0 Å². The van der Waals surface area contributed by atoms with E-state index >= 15 is 0 Å². The Kier molecular flexibility index (Phi) is 2.34. The van der Waals surface area contributed by atoms with E-state index in [4.69, 9.17) is 16.3 Å². The molecule has 52 valence electrons. The van der Waals surface area contributed by atoms with Crippen molar-refractivity contribution in [3.8, 4) is 0 Å². The molecule has 9 heavy (non-hydrogen) atoms. The third-order valence-electron chi connectivity index (χ3n) is 1.46. The maximum atomic E-state index is 10.7. The van der Waals surface area contributed by atoms with Crippen LogP contribution in [0.5, 0.6) is 0 Å². The number of alkyl halides is 1. The summed E-state index contributed by atoms with van der Waals surface area (Å²) in [6, 6.07) is 0. The van der Waals surface area contributed by atoms with Gasteiger partial charge in [0.25, 0.3) is 0 Å². The van der Waals surface area contributed by atoms with Crippen LogP contribution in [0, 0.1) is 5.92 Å². The van der Waals surface area contributed by atoms with Gasteiger partial charge >= 0.3 is 5.97 Å². The number of carbonyl (C=O) groups is 1. The van der Waals surface area contributed by atoms with E-state index in [1.807, 2.05) is 0 Å². The van der Waals surface area contributed by atoms with Gasteiger partial charge in [0.05, 0.1) is 12.5 Å². The first-order valence-electron chi connectivity index (χ1n) is 3.07. The van der Waals surface area contributed by atoms with E-state index in [0.29, 0.717) is 12.5 Å². The standard InChI is InChI=1S/C6H9ClO2/c7-4-5-2-1-3-9-6(5)8/h5H,1-4H2. The zero-order valence-corrected chi connectivity index (χ0v) is 5.86. The molecular formula is C6H9ClO2. The monoisotopic (exact) mass is 148 g/mol. The van der Waals surface area contributed by atoms with Gasteiger partial charge in [0.1, 0.15) is 0 Å². The van der Waals surface area contributed by atoms with Crippen LogP contribution in [0.1, 0.15) is 12.8 Å². The molecule has 0 spiro atoms. The summed E-state index contributed by atoms with van der Waals surface area (Å²) in [4.78, 5) is 10.7. The number of esters is 1. The van der Waals surface area contributed by atoms with Gasteiger partial charge in [-0.3, -0.25) is 4.79 Å². The van der Waals surface area contributed by atoms with Crippen molar-refractivity contribution in [3.63, 3.8) is 0 Å². The van der Waals surface area contributed by atoms with Crippen LogP contribution in [0.25, 0.3) is 0 Å². The fraction of sp³-hybridized carbons (Fsp3) is 0.833. The van der Waals surface area contributed by atoms with Crippen molar-refractivity contribution < 1.29 is 9.53 Å². The Labute approximate surface area is 59.1 Å². The Morgan fingerprint density at radius 1 is 1.78 bits per heavy atom. The zero-order chi connectivity index (χ0) is 6.69. The number of halogens is 1. The highest BCUT2D eigenvalue weighted by molar-refractivity contribution is 6.19. The van der Waals surface area contributed by atoms with Crippen molar-refractivity contribution in [2.24, 2.45) is 5.92 Å². The fourth-order valence-electron chi connectivity index (χ4n) is 0.878. The molecule has 1 atom stereocenters. The molecule has 1 aliphatic rings. The molecular weight excluding hydrogens is 140 g/mol. The van der Waals surface area contributed by atoms with E-state index in [-0.39, 0.29) is 11.9 Å².